The predicted octanol–water partition coefficient (Wildman–Crippen LogP) is 2.30. The molecule has 0 bridgehead atoms. The molecule has 16 heavy (non-hydrogen) atoms. The Kier molecular flexibility index (Phi) is 4.31. The summed E-state index contributed by atoms with van der Waals surface area (Å²) >= 11 is 0. The summed E-state index contributed by atoms with van der Waals surface area (Å²) in [4.78, 5) is 4.03. The molecule has 2 heterocycles. The fourth-order valence-corrected chi connectivity index (χ4v) is 2.05. The number of aromatic nitrogens is 1. The number of nitrogens with zero attached hydrogens (tertiary/aromatic N) is 1. The lowest BCUT2D eigenvalue weighted by molar-refractivity contribution is 0.0156. The zero-order valence-electron chi connectivity index (χ0n) is 9.86. The van der Waals surface area contributed by atoms with Crippen LogP contribution in [0.4, 0.5) is 0 Å². The first-order valence-corrected chi connectivity index (χ1v) is 6.11. The van der Waals surface area contributed by atoms with Gasteiger partial charge in [0.15, 0.2) is 0 Å². The average molecular weight is 220 g/mol. The average Bonchev–Trinajstić information content (AvgIpc) is 2.38. The van der Waals surface area contributed by atoms with Crippen LogP contribution in [0.2, 0.25) is 0 Å². The topological polar surface area (TPSA) is 34.1 Å². The van der Waals surface area contributed by atoms with E-state index in [4.69, 9.17) is 4.74 Å². The molecule has 0 amide bonds. The van der Waals surface area contributed by atoms with Gasteiger partial charge in [0.2, 0.25) is 0 Å². The van der Waals surface area contributed by atoms with Crippen LogP contribution in [0.3, 0.4) is 0 Å². The molecule has 3 nitrogen and oxygen atoms in total. The highest BCUT2D eigenvalue weighted by Gasteiger charge is 2.14. The molecule has 1 fully saturated rings. The van der Waals surface area contributed by atoms with E-state index < -0.39 is 0 Å². The third-order valence-corrected chi connectivity index (χ3v) is 3.13. The lowest BCUT2D eigenvalue weighted by Crippen LogP contribution is -2.33. The van der Waals surface area contributed by atoms with Gasteiger partial charge >= 0.3 is 0 Å². The van der Waals surface area contributed by atoms with Gasteiger partial charge in [-0.05, 0) is 43.9 Å². The Hall–Kier alpha value is -0.930. The van der Waals surface area contributed by atoms with Crippen LogP contribution in [-0.4, -0.2) is 24.2 Å². The molecule has 1 aromatic heterocycles. The van der Waals surface area contributed by atoms with E-state index in [0.29, 0.717) is 12.1 Å². The van der Waals surface area contributed by atoms with Crippen molar-refractivity contribution in [1.29, 1.82) is 0 Å². The minimum Gasteiger partial charge on any atom is -0.377 e. The van der Waals surface area contributed by atoms with Crippen LogP contribution in [0.1, 0.15) is 37.8 Å². The first kappa shape index (κ1) is 11.6. The number of rotatable bonds is 4. The summed E-state index contributed by atoms with van der Waals surface area (Å²) in [6, 6.07) is 4.48. The van der Waals surface area contributed by atoms with Crippen molar-refractivity contribution in [3.63, 3.8) is 0 Å². The van der Waals surface area contributed by atoms with Crippen molar-refractivity contribution in [1.82, 2.24) is 10.3 Å². The monoisotopic (exact) mass is 220 g/mol. The maximum absolute atomic E-state index is 5.69. The molecule has 1 aromatic rings. The van der Waals surface area contributed by atoms with Gasteiger partial charge in [-0.3, -0.25) is 4.98 Å². The molecule has 0 aliphatic carbocycles. The quantitative estimate of drug-likeness (QED) is 0.845. The fraction of sp³-hybridized carbons (Fsp3) is 0.615. The molecule has 1 aliphatic rings. The number of nitrogens with one attached hydrogen (secondary N) is 1. The molecule has 1 aliphatic heterocycles. The van der Waals surface area contributed by atoms with E-state index in [1.165, 1.54) is 24.8 Å². The fourth-order valence-electron chi connectivity index (χ4n) is 2.05. The summed E-state index contributed by atoms with van der Waals surface area (Å²) in [6.07, 6.45) is 7.79. The molecule has 0 saturated carbocycles. The number of ether oxygens (including phenoxy) is 1. The van der Waals surface area contributed by atoms with Gasteiger partial charge < -0.3 is 10.1 Å². The Morgan fingerprint density at radius 3 is 2.94 bits per heavy atom. The molecule has 88 valence electrons. The van der Waals surface area contributed by atoms with Crippen molar-refractivity contribution in [3.05, 3.63) is 30.1 Å². The first-order chi connectivity index (χ1) is 7.86. The van der Waals surface area contributed by atoms with E-state index in [1.807, 2.05) is 12.4 Å². The SMILES string of the molecule is C[C@H](NCC1CCCCO1)c1ccncc1. The largest absolute Gasteiger partial charge is 0.377 e. The van der Waals surface area contributed by atoms with Gasteiger partial charge in [-0.1, -0.05) is 0 Å². The van der Waals surface area contributed by atoms with Crippen LogP contribution in [0.15, 0.2) is 24.5 Å². The van der Waals surface area contributed by atoms with Crippen LogP contribution < -0.4 is 5.32 Å². The smallest absolute Gasteiger partial charge is 0.0699 e. The predicted molar refractivity (Wildman–Crippen MR) is 64.2 cm³/mol. The zero-order chi connectivity index (χ0) is 11.2. The maximum atomic E-state index is 5.69. The number of hydrogen-bond donors (Lipinski definition) is 1. The summed E-state index contributed by atoms with van der Waals surface area (Å²) in [5.74, 6) is 0. The second kappa shape index (κ2) is 5.97. The Morgan fingerprint density at radius 1 is 1.44 bits per heavy atom. The van der Waals surface area contributed by atoms with E-state index in [2.05, 4.69) is 29.4 Å². The van der Waals surface area contributed by atoms with Gasteiger partial charge in [-0.25, -0.2) is 0 Å². The minimum absolute atomic E-state index is 0.369. The van der Waals surface area contributed by atoms with Crippen molar-refractivity contribution in [3.8, 4) is 0 Å². The highest BCUT2D eigenvalue weighted by atomic mass is 16.5. The number of pyridine rings is 1. The summed E-state index contributed by atoms with van der Waals surface area (Å²) in [7, 11) is 0. The highest BCUT2D eigenvalue weighted by molar-refractivity contribution is 5.13. The Morgan fingerprint density at radius 2 is 2.25 bits per heavy atom. The van der Waals surface area contributed by atoms with Gasteiger partial charge in [-0.15, -0.1) is 0 Å². The standard InChI is InChI=1S/C13H20N2O/c1-11(12-5-7-14-8-6-12)15-10-13-4-2-3-9-16-13/h5-8,11,13,15H,2-4,9-10H2,1H3/t11-,13?/m0/s1. The molecule has 3 heteroatoms. The van der Waals surface area contributed by atoms with Crippen molar-refractivity contribution >= 4 is 0 Å². The highest BCUT2D eigenvalue weighted by Crippen LogP contribution is 2.14. The van der Waals surface area contributed by atoms with Crippen LogP contribution in [-0.2, 0) is 4.74 Å². The molecular formula is C13H20N2O. The van der Waals surface area contributed by atoms with Crippen LogP contribution in [0.25, 0.3) is 0 Å². The van der Waals surface area contributed by atoms with E-state index in [1.54, 1.807) is 0 Å². The van der Waals surface area contributed by atoms with Crippen molar-refractivity contribution in [2.45, 2.75) is 38.3 Å². The van der Waals surface area contributed by atoms with Crippen molar-refractivity contribution in [2.24, 2.45) is 0 Å². The maximum Gasteiger partial charge on any atom is 0.0699 e. The van der Waals surface area contributed by atoms with E-state index >= 15 is 0 Å². The van der Waals surface area contributed by atoms with Crippen LogP contribution in [0.5, 0.6) is 0 Å². The lowest BCUT2D eigenvalue weighted by Gasteiger charge is -2.24. The van der Waals surface area contributed by atoms with Gasteiger partial charge in [0, 0.05) is 31.6 Å². The second-order valence-corrected chi connectivity index (χ2v) is 4.40. The van der Waals surface area contributed by atoms with Crippen molar-refractivity contribution < 1.29 is 4.74 Å². The number of hydrogen-bond acceptors (Lipinski definition) is 3. The van der Waals surface area contributed by atoms with Crippen LogP contribution in [0, 0.1) is 0 Å². The minimum atomic E-state index is 0.369. The van der Waals surface area contributed by atoms with Gasteiger partial charge in [-0.2, -0.15) is 0 Å². The Labute approximate surface area is 97.2 Å². The molecule has 0 spiro atoms. The van der Waals surface area contributed by atoms with E-state index in [-0.39, 0.29) is 0 Å². The van der Waals surface area contributed by atoms with E-state index in [0.717, 1.165) is 13.2 Å². The third-order valence-electron chi connectivity index (χ3n) is 3.13. The molecular weight excluding hydrogens is 200 g/mol. The second-order valence-electron chi connectivity index (χ2n) is 4.40. The zero-order valence-corrected chi connectivity index (χ0v) is 9.86. The van der Waals surface area contributed by atoms with Gasteiger partial charge in [0.25, 0.3) is 0 Å². The lowest BCUT2D eigenvalue weighted by atomic mass is 10.1. The molecule has 1 unspecified atom stereocenters. The Bertz CT molecular complexity index is 296. The van der Waals surface area contributed by atoms with E-state index in [9.17, 15) is 0 Å². The third kappa shape index (κ3) is 3.29. The molecule has 1 N–H and O–H groups in total. The van der Waals surface area contributed by atoms with Gasteiger partial charge in [0.1, 0.15) is 0 Å². The Balaban J connectivity index is 1.77. The molecule has 0 radical (unpaired) electrons. The summed E-state index contributed by atoms with van der Waals surface area (Å²) in [6.45, 7) is 4.05. The molecule has 2 rings (SSSR count). The van der Waals surface area contributed by atoms with Crippen LogP contribution >= 0.6 is 0 Å². The molecule has 2 atom stereocenters. The summed E-state index contributed by atoms with van der Waals surface area (Å²) < 4.78 is 5.69. The summed E-state index contributed by atoms with van der Waals surface area (Å²) in [5.41, 5.74) is 1.28. The van der Waals surface area contributed by atoms with Gasteiger partial charge in [0.05, 0.1) is 6.10 Å². The first-order valence-electron chi connectivity index (χ1n) is 6.11. The van der Waals surface area contributed by atoms with Crippen molar-refractivity contribution in [2.75, 3.05) is 13.2 Å². The normalized spacial score (nSPS) is 22.9. The summed E-state index contributed by atoms with van der Waals surface area (Å²) in [5, 5.41) is 3.52. The molecule has 1 saturated heterocycles. The molecule has 0 aromatic carbocycles.